The van der Waals surface area contributed by atoms with Gasteiger partial charge in [0.25, 0.3) is 5.91 Å². The Kier molecular flexibility index (Phi) is 4.69. The molecule has 0 aliphatic carbocycles. The summed E-state index contributed by atoms with van der Waals surface area (Å²) in [4.78, 5) is 36.0. The SMILES string of the molecule is CC1C(=O)NC(=O)CN1C(=O)COc1ccc(Cl)cc1Cl. The molecule has 0 radical (unpaired) electrons. The fraction of sp³-hybridized carbons (Fsp3) is 0.308. The van der Waals surface area contributed by atoms with Crippen molar-refractivity contribution in [3.05, 3.63) is 28.2 Å². The molecule has 2 rings (SSSR count). The Labute approximate surface area is 130 Å². The second-order valence-electron chi connectivity index (χ2n) is 4.47. The average molecular weight is 331 g/mol. The Morgan fingerprint density at radius 1 is 1.43 bits per heavy atom. The second-order valence-corrected chi connectivity index (χ2v) is 5.32. The van der Waals surface area contributed by atoms with Crippen LogP contribution >= 0.6 is 23.2 Å². The zero-order valence-electron chi connectivity index (χ0n) is 11.1. The van der Waals surface area contributed by atoms with Crippen LogP contribution in [0, 0.1) is 0 Å². The van der Waals surface area contributed by atoms with Crippen LogP contribution in [0.2, 0.25) is 10.0 Å². The van der Waals surface area contributed by atoms with E-state index in [0.717, 1.165) is 4.90 Å². The number of rotatable bonds is 3. The number of ether oxygens (including phenoxy) is 1. The number of halogens is 2. The molecule has 1 unspecified atom stereocenters. The van der Waals surface area contributed by atoms with Crippen molar-refractivity contribution in [2.24, 2.45) is 0 Å². The van der Waals surface area contributed by atoms with E-state index in [4.69, 9.17) is 27.9 Å². The van der Waals surface area contributed by atoms with E-state index in [-0.39, 0.29) is 18.2 Å². The van der Waals surface area contributed by atoms with Crippen LogP contribution in [-0.2, 0) is 14.4 Å². The maximum Gasteiger partial charge on any atom is 0.261 e. The minimum atomic E-state index is -0.723. The third kappa shape index (κ3) is 3.65. The van der Waals surface area contributed by atoms with Gasteiger partial charge in [0, 0.05) is 5.02 Å². The van der Waals surface area contributed by atoms with Crippen molar-refractivity contribution in [1.29, 1.82) is 0 Å². The summed E-state index contributed by atoms with van der Waals surface area (Å²) in [7, 11) is 0. The number of benzene rings is 1. The minimum Gasteiger partial charge on any atom is -0.482 e. The highest BCUT2D eigenvalue weighted by atomic mass is 35.5. The van der Waals surface area contributed by atoms with Crippen LogP contribution in [-0.4, -0.2) is 41.8 Å². The molecule has 1 N–H and O–H groups in total. The molecule has 1 atom stereocenters. The van der Waals surface area contributed by atoms with Gasteiger partial charge in [0.2, 0.25) is 11.8 Å². The summed E-state index contributed by atoms with van der Waals surface area (Å²) >= 11 is 11.7. The summed E-state index contributed by atoms with van der Waals surface area (Å²) in [6, 6.07) is 3.88. The number of carbonyl (C=O) groups is 3. The van der Waals surface area contributed by atoms with Crippen LogP contribution in [0.15, 0.2) is 18.2 Å². The molecule has 3 amide bonds. The summed E-state index contributed by atoms with van der Waals surface area (Å²) in [5, 5.41) is 2.88. The summed E-state index contributed by atoms with van der Waals surface area (Å²) < 4.78 is 5.30. The molecule has 0 bridgehead atoms. The smallest absolute Gasteiger partial charge is 0.261 e. The van der Waals surface area contributed by atoms with E-state index in [1.54, 1.807) is 6.07 Å². The van der Waals surface area contributed by atoms with Gasteiger partial charge in [-0.25, -0.2) is 0 Å². The number of imide groups is 1. The first kappa shape index (κ1) is 15.6. The molecule has 1 fully saturated rings. The number of nitrogens with one attached hydrogen (secondary N) is 1. The van der Waals surface area contributed by atoms with E-state index >= 15 is 0 Å². The predicted octanol–water partition coefficient (Wildman–Crippen LogP) is 1.25. The number of amides is 3. The number of hydrogen-bond acceptors (Lipinski definition) is 4. The van der Waals surface area contributed by atoms with Gasteiger partial charge < -0.3 is 9.64 Å². The highest BCUT2D eigenvalue weighted by Gasteiger charge is 2.33. The van der Waals surface area contributed by atoms with Gasteiger partial charge in [-0.2, -0.15) is 0 Å². The number of hydrogen-bond donors (Lipinski definition) is 1. The monoisotopic (exact) mass is 330 g/mol. The maximum absolute atomic E-state index is 12.1. The van der Waals surface area contributed by atoms with E-state index in [1.165, 1.54) is 19.1 Å². The van der Waals surface area contributed by atoms with Gasteiger partial charge in [-0.05, 0) is 25.1 Å². The van der Waals surface area contributed by atoms with Crippen molar-refractivity contribution in [3.8, 4) is 5.75 Å². The lowest BCUT2D eigenvalue weighted by Crippen LogP contribution is -2.59. The van der Waals surface area contributed by atoms with Crippen LogP contribution < -0.4 is 10.1 Å². The first-order chi connectivity index (χ1) is 9.88. The van der Waals surface area contributed by atoms with Gasteiger partial charge >= 0.3 is 0 Å². The standard InChI is InChI=1S/C13H12Cl2N2O4/c1-7-13(20)16-11(18)5-17(7)12(19)6-21-10-3-2-8(14)4-9(10)15/h2-4,7H,5-6H2,1H3,(H,16,18,20). The highest BCUT2D eigenvalue weighted by molar-refractivity contribution is 6.35. The third-order valence-electron chi connectivity index (χ3n) is 2.99. The van der Waals surface area contributed by atoms with Crippen molar-refractivity contribution in [1.82, 2.24) is 10.2 Å². The van der Waals surface area contributed by atoms with Gasteiger partial charge in [-0.1, -0.05) is 23.2 Å². The fourth-order valence-corrected chi connectivity index (χ4v) is 2.30. The molecule has 6 nitrogen and oxygen atoms in total. The minimum absolute atomic E-state index is 0.177. The molecule has 0 spiro atoms. The largest absolute Gasteiger partial charge is 0.482 e. The lowest BCUT2D eigenvalue weighted by atomic mass is 10.2. The Morgan fingerprint density at radius 3 is 2.81 bits per heavy atom. The van der Waals surface area contributed by atoms with Crippen LogP contribution in [0.3, 0.4) is 0 Å². The van der Waals surface area contributed by atoms with Gasteiger partial charge in [0.15, 0.2) is 6.61 Å². The Morgan fingerprint density at radius 2 is 2.14 bits per heavy atom. The first-order valence-electron chi connectivity index (χ1n) is 6.09. The summed E-state index contributed by atoms with van der Waals surface area (Å²) in [6.07, 6.45) is 0. The summed E-state index contributed by atoms with van der Waals surface area (Å²) in [6.45, 7) is 1.03. The van der Waals surface area contributed by atoms with E-state index in [9.17, 15) is 14.4 Å². The molecule has 21 heavy (non-hydrogen) atoms. The molecule has 112 valence electrons. The van der Waals surface area contributed by atoms with Crippen molar-refractivity contribution < 1.29 is 19.1 Å². The number of carbonyl (C=O) groups excluding carboxylic acids is 3. The molecule has 1 aliphatic rings. The normalized spacial score (nSPS) is 18.4. The Balaban J connectivity index is 2.01. The van der Waals surface area contributed by atoms with Gasteiger partial charge in [0.05, 0.1) is 5.02 Å². The summed E-state index contributed by atoms with van der Waals surface area (Å²) in [5.41, 5.74) is 0. The quantitative estimate of drug-likeness (QED) is 0.846. The Hall–Kier alpha value is -1.79. The van der Waals surface area contributed by atoms with Crippen molar-refractivity contribution in [2.75, 3.05) is 13.2 Å². The number of nitrogens with zero attached hydrogens (tertiary/aromatic N) is 1. The van der Waals surface area contributed by atoms with Crippen LogP contribution in [0.4, 0.5) is 0 Å². The lowest BCUT2D eigenvalue weighted by Gasteiger charge is -2.31. The summed E-state index contributed by atoms with van der Waals surface area (Å²) in [5.74, 6) is -1.20. The maximum atomic E-state index is 12.1. The average Bonchev–Trinajstić information content (AvgIpc) is 2.41. The van der Waals surface area contributed by atoms with Gasteiger partial charge in [-0.3, -0.25) is 19.7 Å². The number of piperazine rings is 1. The zero-order chi connectivity index (χ0) is 15.6. The molecular weight excluding hydrogens is 319 g/mol. The van der Waals surface area contributed by atoms with Crippen LogP contribution in [0.25, 0.3) is 0 Å². The van der Waals surface area contributed by atoms with Crippen molar-refractivity contribution in [2.45, 2.75) is 13.0 Å². The molecular formula is C13H12Cl2N2O4. The lowest BCUT2D eigenvalue weighted by molar-refractivity contribution is -0.150. The van der Waals surface area contributed by atoms with E-state index in [1.807, 2.05) is 0 Å². The fourth-order valence-electron chi connectivity index (χ4n) is 1.83. The molecule has 0 saturated carbocycles. The topological polar surface area (TPSA) is 75.7 Å². The van der Waals surface area contributed by atoms with E-state index in [2.05, 4.69) is 5.32 Å². The van der Waals surface area contributed by atoms with E-state index < -0.39 is 23.8 Å². The van der Waals surface area contributed by atoms with Gasteiger partial charge in [0.1, 0.15) is 18.3 Å². The molecule has 1 aromatic carbocycles. The predicted molar refractivity (Wildman–Crippen MR) is 76.3 cm³/mol. The second kappa shape index (κ2) is 6.32. The molecule has 8 heteroatoms. The molecule has 1 aliphatic heterocycles. The molecule has 1 heterocycles. The van der Waals surface area contributed by atoms with Crippen LogP contribution in [0.1, 0.15) is 6.92 Å². The first-order valence-corrected chi connectivity index (χ1v) is 6.85. The molecule has 1 aromatic rings. The highest BCUT2D eigenvalue weighted by Crippen LogP contribution is 2.27. The third-order valence-corrected chi connectivity index (χ3v) is 3.52. The zero-order valence-corrected chi connectivity index (χ0v) is 12.6. The van der Waals surface area contributed by atoms with Crippen LogP contribution in [0.5, 0.6) is 5.75 Å². The van der Waals surface area contributed by atoms with Gasteiger partial charge in [-0.15, -0.1) is 0 Å². The van der Waals surface area contributed by atoms with Crippen molar-refractivity contribution in [3.63, 3.8) is 0 Å². The van der Waals surface area contributed by atoms with Crippen molar-refractivity contribution >= 4 is 40.9 Å². The Bertz CT molecular complexity index is 606. The van der Waals surface area contributed by atoms with E-state index in [0.29, 0.717) is 10.8 Å². The molecule has 0 aromatic heterocycles. The molecule has 1 saturated heterocycles.